The van der Waals surface area contributed by atoms with E-state index in [-0.39, 0.29) is 5.69 Å². The number of benzene rings is 2. The van der Waals surface area contributed by atoms with Gasteiger partial charge in [-0.1, -0.05) is 34.1 Å². The van der Waals surface area contributed by atoms with Crippen LogP contribution in [0.1, 0.15) is 0 Å². The molecule has 0 N–H and O–H groups in total. The summed E-state index contributed by atoms with van der Waals surface area (Å²) in [7, 11) is 0. The Morgan fingerprint density at radius 2 is 1.38 bits per heavy atom. The summed E-state index contributed by atoms with van der Waals surface area (Å²) in [6.45, 7) is 0. The first-order chi connectivity index (χ1) is 10.2. The lowest BCUT2D eigenvalue weighted by Crippen LogP contribution is -2.13. The molecule has 0 fully saturated rings. The van der Waals surface area contributed by atoms with Gasteiger partial charge in [0.2, 0.25) is 0 Å². The number of para-hydroxylation sites is 1. The van der Waals surface area contributed by atoms with E-state index in [1.807, 2.05) is 42.5 Å². The number of imidazole rings is 1. The second-order valence-corrected chi connectivity index (χ2v) is 6.19. The number of halogens is 1. The molecule has 0 aliphatic rings. The summed E-state index contributed by atoms with van der Waals surface area (Å²) in [6.07, 6.45) is 0. The number of hydrogen-bond acceptors (Lipinski definition) is 1. The van der Waals surface area contributed by atoms with Crippen molar-refractivity contribution in [2.75, 3.05) is 0 Å². The van der Waals surface area contributed by atoms with Crippen molar-refractivity contribution < 1.29 is 0 Å². The van der Waals surface area contributed by atoms with Crippen LogP contribution in [0.15, 0.2) is 63.9 Å². The van der Waals surface area contributed by atoms with Crippen LogP contribution in [-0.4, -0.2) is 8.80 Å². The molecule has 0 atom stereocenters. The molecule has 0 saturated heterocycles. The summed E-state index contributed by atoms with van der Waals surface area (Å²) < 4.78 is 4.61. The first-order valence-electron chi connectivity index (χ1n) is 6.70. The molecule has 3 aromatic heterocycles. The van der Waals surface area contributed by atoms with Gasteiger partial charge in [-0.05, 0) is 36.4 Å². The van der Waals surface area contributed by atoms with Crippen LogP contribution < -0.4 is 5.69 Å². The van der Waals surface area contributed by atoms with Gasteiger partial charge >= 0.3 is 5.69 Å². The third-order valence-electron chi connectivity index (χ3n) is 4.12. The van der Waals surface area contributed by atoms with Crippen molar-refractivity contribution in [3.05, 3.63) is 69.6 Å². The Balaban J connectivity index is 2.13. The van der Waals surface area contributed by atoms with Gasteiger partial charge in [0.05, 0.1) is 22.1 Å². The lowest BCUT2D eigenvalue weighted by Gasteiger charge is -1.93. The molecule has 0 aliphatic heterocycles. The summed E-state index contributed by atoms with van der Waals surface area (Å²) in [5.41, 5.74) is 3.84. The number of nitrogens with zero attached hydrogens (tertiary/aromatic N) is 2. The van der Waals surface area contributed by atoms with E-state index >= 15 is 0 Å². The average Bonchev–Trinajstić information content (AvgIpc) is 3.09. The van der Waals surface area contributed by atoms with Crippen LogP contribution in [0, 0.1) is 0 Å². The van der Waals surface area contributed by atoms with Crippen molar-refractivity contribution in [2.24, 2.45) is 0 Å². The molecule has 0 bridgehead atoms. The highest BCUT2D eigenvalue weighted by Gasteiger charge is 2.16. The van der Waals surface area contributed by atoms with Crippen LogP contribution in [0.3, 0.4) is 0 Å². The molecule has 100 valence electrons. The van der Waals surface area contributed by atoms with Gasteiger partial charge in [0.25, 0.3) is 0 Å². The molecule has 0 radical (unpaired) electrons. The molecule has 4 heteroatoms. The molecule has 21 heavy (non-hydrogen) atoms. The fourth-order valence-electron chi connectivity index (χ4n) is 3.23. The van der Waals surface area contributed by atoms with Gasteiger partial charge < -0.3 is 0 Å². The standard InChI is InChI=1S/C17H9BrN2O/c18-12-5-6-14-11(7-12)9-16-15-8-10-3-1-2-4-13(10)19(15)17(21)20(14)16/h1-9H. The summed E-state index contributed by atoms with van der Waals surface area (Å²) >= 11 is 3.48. The summed E-state index contributed by atoms with van der Waals surface area (Å²) in [5, 5.41) is 2.17. The van der Waals surface area contributed by atoms with Crippen LogP contribution in [0.2, 0.25) is 0 Å². The van der Waals surface area contributed by atoms with Gasteiger partial charge in [0, 0.05) is 15.2 Å². The summed E-state index contributed by atoms with van der Waals surface area (Å²) in [6, 6.07) is 18.1. The Morgan fingerprint density at radius 1 is 0.714 bits per heavy atom. The largest absolute Gasteiger partial charge is 0.338 e. The first kappa shape index (κ1) is 11.3. The van der Waals surface area contributed by atoms with E-state index in [1.54, 1.807) is 8.80 Å². The highest BCUT2D eigenvalue weighted by atomic mass is 79.9. The molecular formula is C17H9BrN2O. The van der Waals surface area contributed by atoms with Crippen molar-refractivity contribution in [2.45, 2.75) is 0 Å². The van der Waals surface area contributed by atoms with Gasteiger partial charge in [0.15, 0.2) is 0 Å². The van der Waals surface area contributed by atoms with Gasteiger partial charge in [-0.15, -0.1) is 0 Å². The minimum absolute atomic E-state index is 0.00137. The molecule has 0 amide bonds. The quantitative estimate of drug-likeness (QED) is 0.418. The fraction of sp³-hybridized carbons (Fsp3) is 0. The van der Waals surface area contributed by atoms with Gasteiger partial charge in [-0.3, -0.25) is 8.80 Å². The molecule has 5 aromatic rings. The average molecular weight is 337 g/mol. The van der Waals surface area contributed by atoms with Crippen molar-refractivity contribution in [3.8, 4) is 0 Å². The minimum atomic E-state index is -0.00137. The molecule has 3 heterocycles. The number of hydrogen-bond donors (Lipinski definition) is 0. The molecule has 2 aromatic carbocycles. The zero-order valence-corrected chi connectivity index (χ0v) is 12.5. The third-order valence-corrected chi connectivity index (χ3v) is 4.61. The molecule has 0 unspecified atom stereocenters. The second-order valence-electron chi connectivity index (χ2n) is 5.27. The van der Waals surface area contributed by atoms with Crippen molar-refractivity contribution >= 4 is 48.8 Å². The monoisotopic (exact) mass is 336 g/mol. The van der Waals surface area contributed by atoms with E-state index in [0.29, 0.717) is 0 Å². The molecule has 5 rings (SSSR count). The van der Waals surface area contributed by atoms with Gasteiger partial charge in [-0.2, -0.15) is 0 Å². The summed E-state index contributed by atoms with van der Waals surface area (Å²) in [5.74, 6) is 0. The van der Waals surface area contributed by atoms with Crippen LogP contribution in [-0.2, 0) is 0 Å². The first-order valence-corrected chi connectivity index (χ1v) is 7.50. The van der Waals surface area contributed by atoms with Gasteiger partial charge in [-0.25, -0.2) is 4.79 Å². The predicted molar refractivity (Wildman–Crippen MR) is 88.5 cm³/mol. The topological polar surface area (TPSA) is 25.9 Å². The highest BCUT2D eigenvalue weighted by molar-refractivity contribution is 9.10. The molecular weight excluding hydrogens is 328 g/mol. The van der Waals surface area contributed by atoms with E-state index in [9.17, 15) is 4.79 Å². The van der Waals surface area contributed by atoms with E-state index in [0.717, 1.165) is 37.3 Å². The number of rotatable bonds is 0. The maximum Gasteiger partial charge on any atom is 0.338 e. The highest BCUT2D eigenvalue weighted by Crippen LogP contribution is 2.28. The minimum Gasteiger partial charge on any atom is -0.260 e. The second kappa shape index (κ2) is 3.65. The Morgan fingerprint density at radius 3 is 2.19 bits per heavy atom. The summed E-state index contributed by atoms with van der Waals surface area (Å²) in [4.78, 5) is 12.8. The molecule has 0 aliphatic carbocycles. The van der Waals surface area contributed by atoms with Gasteiger partial charge in [0.1, 0.15) is 0 Å². The van der Waals surface area contributed by atoms with Crippen molar-refractivity contribution in [1.29, 1.82) is 0 Å². The van der Waals surface area contributed by atoms with Crippen molar-refractivity contribution in [3.63, 3.8) is 0 Å². The van der Waals surface area contributed by atoms with Crippen LogP contribution in [0.25, 0.3) is 32.8 Å². The predicted octanol–water partition coefficient (Wildman–Crippen LogP) is 4.06. The number of fused-ring (bicyclic) bond motifs is 7. The molecule has 3 nitrogen and oxygen atoms in total. The Bertz CT molecular complexity index is 1220. The van der Waals surface area contributed by atoms with E-state index < -0.39 is 0 Å². The molecule has 0 spiro atoms. The fourth-order valence-corrected chi connectivity index (χ4v) is 3.61. The van der Waals surface area contributed by atoms with Crippen LogP contribution in [0.4, 0.5) is 0 Å². The Labute approximate surface area is 127 Å². The number of aromatic nitrogens is 2. The van der Waals surface area contributed by atoms with Crippen molar-refractivity contribution in [1.82, 2.24) is 8.80 Å². The smallest absolute Gasteiger partial charge is 0.260 e. The lowest BCUT2D eigenvalue weighted by atomic mass is 10.2. The van der Waals surface area contributed by atoms with Crippen LogP contribution >= 0.6 is 15.9 Å². The maximum atomic E-state index is 12.8. The SMILES string of the molecule is O=c1n2c3ccccc3cc2c2cc3cc(Br)ccc3n12. The Kier molecular flexibility index (Phi) is 1.97. The zero-order valence-electron chi connectivity index (χ0n) is 10.9. The third kappa shape index (κ3) is 1.30. The van der Waals surface area contributed by atoms with E-state index in [4.69, 9.17) is 0 Å². The molecule has 0 saturated carbocycles. The normalized spacial score (nSPS) is 12.2. The van der Waals surface area contributed by atoms with E-state index in [2.05, 4.69) is 28.1 Å². The Hall–Kier alpha value is -2.33. The van der Waals surface area contributed by atoms with E-state index in [1.165, 1.54) is 0 Å². The van der Waals surface area contributed by atoms with Crippen LogP contribution in [0.5, 0.6) is 0 Å². The maximum absolute atomic E-state index is 12.8. The zero-order chi connectivity index (χ0) is 14.1. The lowest BCUT2D eigenvalue weighted by molar-refractivity contribution is 1.06.